The van der Waals surface area contributed by atoms with Crippen molar-refractivity contribution in [1.29, 1.82) is 0 Å². The molecule has 24 heavy (non-hydrogen) atoms. The fraction of sp³-hybridized carbons (Fsp3) is 0.188. The van der Waals surface area contributed by atoms with Crippen LogP contribution >= 0.6 is 11.8 Å². The van der Waals surface area contributed by atoms with Gasteiger partial charge in [0.15, 0.2) is 16.7 Å². The van der Waals surface area contributed by atoms with Gasteiger partial charge in [0.1, 0.15) is 5.82 Å². The minimum Gasteiger partial charge on any atom is -0.461 e. The second-order valence-electron chi connectivity index (χ2n) is 5.14. The molecule has 1 aromatic carbocycles. The topological polar surface area (TPSA) is 73.0 Å². The minimum absolute atomic E-state index is 0.139. The van der Waals surface area contributed by atoms with E-state index in [2.05, 4.69) is 15.5 Å². The first-order valence-corrected chi connectivity index (χ1v) is 8.15. The van der Waals surface area contributed by atoms with Crippen LogP contribution < -0.4 is 5.32 Å². The third-order valence-corrected chi connectivity index (χ3v) is 4.40. The SMILES string of the molecule is Cc1ccc(F)cc1NC(=O)CSc1nnc(-c2ccco2)n1C. The Labute approximate surface area is 142 Å². The van der Waals surface area contributed by atoms with Gasteiger partial charge in [0.05, 0.1) is 12.0 Å². The molecule has 8 heteroatoms. The fourth-order valence-electron chi connectivity index (χ4n) is 2.11. The van der Waals surface area contributed by atoms with E-state index in [0.29, 0.717) is 22.4 Å². The molecule has 0 fully saturated rings. The lowest BCUT2D eigenvalue weighted by Crippen LogP contribution is -2.15. The number of thioether (sulfide) groups is 1. The number of aryl methyl sites for hydroxylation is 1. The summed E-state index contributed by atoms with van der Waals surface area (Å²) in [6.45, 7) is 1.81. The Bertz CT molecular complexity index is 861. The maximum Gasteiger partial charge on any atom is 0.234 e. The Balaban J connectivity index is 1.64. The van der Waals surface area contributed by atoms with Gasteiger partial charge in [0, 0.05) is 12.7 Å². The molecule has 3 rings (SSSR count). The van der Waals surface area contributed by atoms with Crippen LogP contribution in [0.1, 0.15) is 5.56 Å². The van der Waals surface area contributed by atoms with Crippen LogP contribution in [0.3, 0.4) is 0 Å². The van der Waals surface area contributed by atoms with Gasteiger partial charge in [-0.1, -0.05) is 17.8 Å². The van der Waals surface area contributed by atoms with Crippen LogP contribution in [0, 0.1) is 12.7 Å². The quantitative estimate of drug-likeness (QED) is 0.718. The second kappa shape index (κ2) is 6.88. The number of carbonyl (C=O) groups excluding carboxylic acids is 1. The lowest BCUT2D eigenvalue weighted by Gasteiger charge is -2.08. The van der Waals surface area contributed by atoms with Crippen LogP contribution in [-0.4, -0.2) is 26.4 Å². The van der Waals surface area contributed by atoms with Crippen LogP contribution in [-0.2, 0) is 11.8 Å². The lowest BCUT2D eigenvalue weighted by molar-refractivity contribution is -0.113. The summed E-state index contributed by atoms with van der Waals surface area (Å²) in [5.74, 6) is 0.705. The fourth-order valence-corrected chi connectivity index (χ4v) is 2.82. The number of furan rings is 1. The Morgan fingerprint density at radius 1 is 1.38 bits per heavy atom. The third-order valence-electron chi connectivity index (χ3n) is 3.38. The zero-order valence-electron chi connectivity index (χ0n) is 13.1. The van der Waals surface area contributed by atoms with Crippen LogP contribution in [0.4, 0.5) is 10.1 Å². The molecule has 3 aromatic rings. The van der Waals surface area contributed by atoms with Crippen molar-refractivity contribution in [2.24, 2.45) is 7.05 Å². The van der Waals surface area contributed by atoms with E-state index in [-0.39, 0.29) is 17.5 Å². The van der Waals surface area contributed by atoms with E-state index >= 15 is 0 Å². The molecule has 124 valence electrons. The number of halogens is 1. The van der Waals surface area contributed by atoms with Gasteiger partial charge in [-0.25, -0.2) is 4.39 Å². The first-order valence-electron chi connectivity index (χ1n) is 7.16. The second-order valence-corrected chi connectivity index (χ2v) is 6.08. The van der Waals surface area contributed by atoms with E-state index in [4.69, 9.17) is 4.42 Å². The maximum atomic E-state index is 13.3. The molecule has 1 N–H and O–H groups in total. The van der Waals surface area contributed by atoms with Gasteiger partial charge in [0.25, 0.3) is 0 Å². The van der Waals surface area contributed by atoms with Crippen molar-refractivity contribution in [3.05, 3.63) is 48.0 Å². The number of anilines is 1. The Hall–Kier alpha value is -2.61. The number of aromatic nitrogens is 3. The highest BCUT2D eigenvalue weighted by atomic mass is 32.2. The Morgan fingerprint density at radius 2 is 2.21 bits per heavy atom. The largest absolute Gasteiger partial charge is 0.461 e. The number of hydrogen-bond donors (Lipinski definition) is 1. The number of amides is 1. The monoisotopic (exact) mass is 346 g/mol. The molecular formula is C16H15FN4O2S. The van der Waals surface area contributed by atoms with Gasteiger partial charge in [-0.15, -0.1) is 10.2 Å². The summed E-state index contributed by atoms with van der Waals surface area (Å²) in [4.78, 5) is 12.1. The molecule has 0 atom stereocenters. The molecule has 0 aliphatic rings. The van der Waals surface area contributed by atoms with Crippen molar-refractivity contribution in [3.8, 4) is 11.6 Å². The smallest absolute Gasteiger partial charge is 0.234 e. The molecule has 2 heterocycles. The summed E-state index contributed by atoms with van der Waals surface area (Å²) in [7, 11) is 1.80. The van der Waals surface area contributed by atoms with E-state index in [1.54, 1.807) is 43.0 Å². The van der Waals surface area contributed by atoms with Crippen molar-refractivity contribution in [2.75, 3.05) is 11.1 Å². The average Bonchev–Trinajstić information content (AvgIpc) is 3.18. The summed E-state index contributed by atoms with van der Waals surface area (Å²) in [6.07, 6.45) is 1.56. The predicted octanol–water partition coefficient (Wildman–Crippen LogP) is 3.25. The van der Waals surface area contributed by atoms with E-state index in [0.717, 1.165) is 5.56 Å². The van der Waals surface area contributed by atoms with Crippen LogP contribution in [0.15, 0.2) is 46.2 Å². The number of carbonyl (C=O) groups is 1. The van der Waals surface area contributed by atoms with E-state index in [1.807, 2.05) is 0 Å². The zero-order chi connectivity index (χ0) is 17.1. The van der Waals surface area contributed by atoms with Crippen molar-refractivity contribution < 1.29 is 13.6 Å². The van der Waals surface area contributed by atoms with Crippen LogP contribution in [0.2, 0.25) is 0 Å². The molecule has 0 radical (unpaired) electrons. The van der Waals surface area contributed by atoms with Gasteiger partial charge in [-0.05, 0) is 36.8 Å². The van der Waals surface area contributed by atoms with E-state index in [9.17, 15) is 9.18 Å². The predicted molar refractivity (Wildman–Crippen MR) is 89.2 cm³/mol. The highest BCUT2D eigenvalue weighted by Crippen LogP contribution is 2.23. The molecule has 0 unspecified atom stereocenters. The maximum absolute atomic E-state index is 13.3. The molecule has 0 aliphatic heterocycles. The summed E-state index contributed by atoms with van der Waals surface area (Å²) >= 11 is 1.24. The van der Waals surface area contributed by atoms with Crippen molar-refractivity contribution >= 4 is 23.4 Å². The number of rotatable bonds is 5. The molecule has 0 spiro atoms. The molecule has 0 saturated heterocycles. The molecule has 0 saturated carbocycles. The van der Waals surface area contributed by atoms with Crippen molar-refractivity contribution in [2.45, 2.75) is 12.1 Å². The zero-order valence-corrected chi connectivity index (χ0v) is 13.9. The lowest BCUT2D eigenvalue weighted by atomic mass is 10.2. The normalized spacial score (nSPS) is 10.8. The van der Waals surface area contributed by atoms with Crippen molar-refractivity contribution in [3.63, 3.8) is 0 Å². The molecule has 0 aliphatic carbocycles. The van der Waals surface area contributed by atoms with Gasteiger partial charge in [-0.3, -0.25) is 4.79 Å². The highest BCUT2D eigenvalue weighted by Gasteiger charge is 2.15. The molecule has 2 aromatic heterocycles. The van der Waals surface area contributed by atoms with Gasteiger partial charge < -0.3 is 14.3 Å². The summed E-state index contributed by atoms with van der Waals surface area (Å²) in [6, 6.07) is 7.84. The van der Waals surface area contributed by atoms with Gasteiger partial charge in [0.2, 0.25) is 5.91 Å². The molecular weight excluding hydrogens is 331 g/mol. The molecule has 0 bridgehead atoms. The van der Waals surface area contributed by atoms with Crippen LogP contribution in [0.25, 0.3) is 11.6 Å². The van der Waals surface area contributed by atoms with E-state index < -0.39 is 0 Å². The summed E-state index contributed by atoms with van der Waals surface area (Å²) in [5.41, 5.74) is 1.27. The highest BCUT2D eigenvalue weighted by molar-refractivity contribution is 7.99. The first-order chi connectivity index (χ1) is 11.5. The number of hydrogen-bond acceptors (Lipinski definition) is 5. The van der Waals surface area contributed by atoms with E-state index in [1.165, 1.54) is 23.9 Å². The van der Waals surface area contributed by atoms with Crippen LogP contribution in [0.5, 0.6) is 0 Å². The standard InChI is InChI=1S/C16H15FN4O2S/c1-10-5-6-11(17)8-12(10)18-14(22)9-24-16-20-19-15(21(16)2)13-4-3-7-23-13/h3-8H,9H2,1-2H3,(H,18,22). The number of benzene rings is 1. The number of nitrogens with zero attached hydrogens (tertiary/aromatic N) is 3. The van der Waals surface area contributed by atoms with Gasteiger partial charge >= 0.3 is 0 Å². The Kier molecular flexibility index (Phi) is 4.66. The summed E-state index contributed by atoms with van der Waals surface area (Å²) in [5, 5.41) is 11.4. The number of nitrogens with one attached hydrogen (secondary N) is 1. The first kappa shape index (κ1) is 16.3. The molecule has 1 amide bonds. The Morgan fingerprint density at radius 3 is 2.96 bits per heavy atom. The molecule has 6 nitrogen and oxygen atoms in total. The minimum atomic E-state index is -0.389. The van der Waals surface area contributed by atoms with Gasteiger partial charge in [-0.2, -0.15) is 0 Å². The third kappa shape index (κ3) is 3.48. The van der Waals surface area contributed by atoms with Crippen molar-refractivity contribution in [1.82, 2.24) is 14.8 Å². The summed E-state index contributed by atoms with van der Waals surface area (Å²) < 4.78 is 20.3. The average molecular weight is 346 g/mol.